The molecule has 0 saturated carbocycles. The number of hydrogen-bond donors (Lipinski definition) is 1. The number of benzene rings is 2. The lowest BCUT2D eigenvalue weighted by Crippen LogP contribution is -2.42. The molecule has 9 nitrogen and oxygen atoms in total. The average Bonchev–Trinajstić information content (AvgIpc) is 3.33. The molecule has 3 aliphatic heterocycles. The zero-order chi connectivity index (χ0) is 30.3. The number of nitrogens with zero attached hydrogens (tertiary/aromatic N) is 4. The maximum atomic E-state index is 14.7. The van der Waals surface area contributed by atoms with E-state index < -0.39 is 17.5 Å². The minimum atomic E-state index is -1.61. The molecule has 1 unspecified atom stereocenters. The molecule has 1 N–H and O–H groups in total. The molecule has 3 aliphatic rings. The first-order valence-corrected chi connectivity index (χ1v) is 15.1. The van der Waals surface area contributed by atoms with Gasteiger partial charge in [0.1, 0.15) is 18.2 Å². The fourth-order valence-corrected chi connectivity index (χ4v) is 6.13. The molecule has 3 fully saturated rings. The highest BCUT2D eigenvalue weighted by atomic mass is 19.1. The maximum absolute atomic E-state index is 14.7. The van der Waals surface area contributed by atoms with Crippen LogP contribution >= 0.6 is 0 Å². The minimum absolute atomic E-state index is 0.00233. The highest BCUT2D eigenvalue weighted by Gasteiger charge is 2.41. The van der Waals surface area contributed by atoms with E-state index in [0.29, 0.717) is 24.5 Å². The summed E-state index contributed by atoms with van der Waals surface area (Å²) < 4.78 is 47.8. The first kappa shape index (κ1) is 28.8. The lowest BCUT2D eigenvalue weighted by Gasteiger charge is -2.34. The van der Waals surface area contributed by atoms with Crippen molar-refractivity contribution in [2.45, 2.75) is 56.6 Å². The topological polar surface area (TPSA) is 98.9 Å². The molecule has 2 aromatic carbocycles. The van der Waals surface area contributed by atoms with Crippen LogP contribution in [0.1, 0.15) is 58.2 Å². The molecule has 0 bridgehead atoms. The predicted octanol–water partition coefficient (Wildman–Crippen LogP) is 5.21. The van der Waals surface area contributed by atoms with E-state index in [0.717, 1.165) is 61.5 Å². The molecule has 11 heteroatoms. The molecule has 3 saturated heterocycles. The number of carboxylic acids is 1. The van der Waals surface area contributed by atoms with Crippen molar-refractivity contribution < 1.29 is 32.9 Å². The summed E-state index contributed by atoms with van der Waals surface area (Å²) in [7, 11) is 0. The Kier molecular flexibility index (Phi) is 7.77. The van der Waals surface area contributed by atoms with Crippen LogP contribution < -0.4 is 4.74 Å². The number of carbonyl (C=O) groups is 1. The predicted molar refractivity (Wildman–Crippen MR) is 157 cm³/mol. The Morgan fingerprint density at radius 1 is 1.07 bits per heavy atom. The van der Waals surface area contributed by atoms with Crippen molar-refractivity contribution in [3.05, 3.63) is 88.6 Å². The second kappa shape index (κ2) is 11.9. The van der Waals surface area contributed by atoms with E-state index in [2.05, 4.69) is 9.47 Å². The number of aromatic carboxylic acids is 1. The quantitative estimate of drug-likeness (QED) is 0.264. The first-order chi connectivity index (χ1) is 21.3. The molecule has 1 atom stereocenters. The molecule has 0 radical (unpaired) electrons. The van der Waals surface area contributed by atoms with E-state index in [9.17, 15) is 18.7 Å². The van der Waals surface area contributed by atoms with Crippen LogP contribution in [0.5, 0.6) is 5.88 Å². The molecule has 0 aliphatic carbocycles. The number of imidazole rings is 1. The summed E-state index contributed by atoms with van der Waals surface area (Å²) in [6.45, 7) is 3.68. The van der Waals surface area contributed by atoms with Gasteiger partial charge in [-0.3, -0.25) is 4.90 Å². The molecule has 4 aromatic rings. The Morgan fingerprint density at radius 3 is 2.57 bits per heavy atom. The number of alkyl halides is 1. The van der Waals surface area contributed by atoms with Gasteiger partial charge in [0.2, 0.25) is 5.88 Å². The van der Waals surface area contributed by atoms with Gasteiger partial charge in [-0.25, -0.2) is 23.5 Å². The monoisotopic (exact) mass is 604 g/mol. The average molecular weight is 605 g/mol. The number of likely N-dealkylation sites (tertiary alicyclic amines) is 1. The Labute approximate surface area is 253 Å². The summed E-state index contributed by atoms with van der Waals surface area (Å²) in [4.78, 5) is 23.6. The standard InChI is InChI=1S/C33H34F2N4O5/c34-26-15-24(33(35)19-42-20-33)6-4-23(26)18-44-31-3-1-2-27(37-31)21-8-11-38(12-9-21)17-30-36-28-7-5-22(32(40)41)14-29(28)39(30)16-25-10-13-43-25/h1-7,14-15,21,25H,8-13,16-20H2,(H,40,41). The summed E-state index contributed by atoms with van der Waals surface area (Å²) in [5.41, 5.74) is 1.81. The Morgan fingerprint density at radius 2 is 1.89 bits per heavy atom. The number of carboxylic acid groups (broad SMARTS) is 1. The SMILES string of the molecule is O=C(O)c1ccc2nc(CN3CCC(c4cccc(OCc5ccc(C6(F)COC6)cc5F)n4)CC3)n(CC3CCO3)c2c1. The second-order valence-corrected chi connectivity index (χ2v) is 11.9. The van der Waals surface area contributed by atoms with E-state index in [4.69, 9.17) is 24.2 Å². The van der Waals surface area contributed by atoms with Gasteiger partial charge < -0.3 is 23.9 Å². The zero-order valence-electron chi connectivity index (χ0n) is 24.3. The van der Waals surface area contributed by atoms with Crippen LogP contribution in [0.15, 0.2) is 54.6 Å². The van der Waals surface area contributed by atoms with Crippen molar-refractivity contribution in [1.29, 1.82) is 0 Å². The number of aromatic nitrogens is 3. The molecule has 230 valence electrons. The number of fused-ring (bicyclic) bond motifs is 1. The van der Waals surface area contributed by atoms with Crippen LogP contribution in [-0.4, -0.2) is 69.5 Å². The summed E-state index contributed by atoms with van der Waals surface area (Å²) >= 11 is 0. The summed E-state index contributed by atoms with van der Waals surface area (Å²) in [6.07, 6.45) is 2.93. The van der Waals surface area contributed by atoms with Gasteiger partial charge in [0, 0.05) is 29.8 Å². The molecule has 2 aromatic heterocycles. The van der Waals surface area contributed by atoms with Gasteiger partial charge in [-0.1, -0.05) is 18.2 Å². The summed E-state index contributed by atoms with van der Waals surface area (Å²) in [5.74, 6) is 0.134. The number of hydrogen-bond acceptors (Lipinski definition) is 7. The fraction of sp³-hybridized carbons (Fsp3) is 0.424. The Hall–Kier alpha value is -3.93. The number of pyridine rings is 1. The van der Waals surface area contributed by atoms with Gasteiger partial charge >= 0.3 is 5.97 Å². The van der Waals surface area contributed by atoms with Crippen molar-refractivity contribution in [3.63, 3.8) is 0 Å². The highest BCUT2D eigenvalue weighted by Crippen LogP contribution is 2.35. The van der Waals surface area contributed by atoms with Gasteiger partial charge in [-0.15, -0.1) is 0 Å². The fourth-order valence-electron chi connectivity index (χ4n) is 6.13. The van der Waals surface area contributed by atoms with Crippen LogP contribution in [0.4, 0.5) is 8.78 Å². The van der Waals surface area contributed by atoms with E-state index in [1.165, 1.54) is 6.07 Å². The van der Waals surface area contributed by atoms with E-state index in [-0.39, 0.29) is 43.0 Å². The van der Waals surface area contributed by atoms with Gasteiger partial charge in [0.15, 0.2) is 5.67 Å². The first-order valence-electron chi connectivity index (χ1n) is 15.1. The van der Waals surface area contributed by atoms with Crippen LogP contribution in [0.3, 0.4) is 0 Å². The Balaban J connectivity index is 0.982. The van der Waals surface area contributed by atoms with Crippen molar-refractivity contribution in [2.75, 3.05) is 32.9 Å². The van der Waals surface area contributed by atoms with Gasteiger partial charge in [0.05, 0.1) is 49.0 Å². The molecule has 7 rings (SSSR count). The van der Waals surface area contributed by atoms with Crippen molar-refractivity contribution >= 4 is 17.0 Å². The third-order valence-corrected chi connectivity index (χ3v) is 8.98. The van der Waals surface area contributed by atoms with Crippen LogP contribution in [0.2, 0.25) is 0 Å². The van der Waals surface area contributed by atoms with Gasteiger partial charge in [0.25, 0.3) is 0 Å². The molecule has 0 amide bonds. The van der Waals surface area contributed by atoms with E-state index >= 15 is 0 Å². The minimum Gasteiger partial charge on any atom is -0.478 e. The number of piperidine rings is 1. The molecular weight excluding hydrogens is 570 g/mol. The van der Waals surface area contributed by atoms with Gasteiger partial charge in [-0.05, 0) is 68.2 Å². The zero-order valence-corrected chi connectivity index (χ0v) is 24.3. The van der Waals surface area contributed by atoms with Crippen LogP contribution in [0, 0.1) is 5.82 Å². The van der Waals surface area contributed by atoms with Crippen molar-refractivity contribution in [2.24, 2.45) is 0 Å². The highest BCUT2D eigenvalue weighted by molar-refractivity contribution is 5.92. The Bertz CT molecular complexity index is 1680. The van der Waals surface area contributed by atoms with E-state index in [1.54, 1.807) is 36.4 Å². The largest absolute Gasteiger partial charge is 0.478 e. The van der Waals surface area contributed by atoms with E-state index in [1.807, 2.05) is 12.1 Å². The van der Waals surface area contributed by atoms with Crippen molar-refractivity contribution in [3.8, 4) is 5.88 Å². The summed E-state index contributed by atoms with van der Waals surface area (Å²) in [5, 5.41) is 9.51. The van der Waals surface area contributed by atoms with Gasteiger partial charge in [-0.2, -0.15) is 0 Å². The molecule has 5 heterocycles. The normalized spacial score (nSPS) is 20.3. The van der Waals surface area contributed by atoms with Crippen molar-refractivity contribution in [1.82, 2.24) is 19.4 Å². The molecule has 44 heavy (non-hydrogen) atoms. The van der Waals surface area contributed by atoms with Crippen LogP contribution in [-0.2, 0) is 34.8 Å². The molecular formula is C33H34F2N4O5. The maximum Gasteiger partial charge on any atom is 0.335 e. The number of halogens is 2. The lowest BCUT2D eigenvalue weighted by atomic mass is 9.93. The van der Waals surface area contributed by atoms with Crippen LogP contribution in [0.25, 0.3) is 11.0 Å². The number of ether oxygens (including phenoxy) is 3. The summed E-state index contributed by atoms with van der Waals surface area (Å²) in [6, 6.07) is 15.1. The smallest absolute Gasteiger partial charge is 0.335 e. The second-order valence-electron chi connectivity index (χ2n) is 11.9. The number of rotatable bonds is 10. The molecule has 0 spiro atoms. The third-order valence-electron chi connectivity index (χ3n) is 8.98. The third kappa shape index (κ3) is 5.79. The lowest BCUT2D eigenvalue weighted by molar-refractivity contribution is -0.135.